The molecule has 2 aromatic heterocycles. The molecule has 108 valence electrons. The van der Waals surface area contributed by atoms with Crippen LogP contribution in [0.3, 0.4) is 0 Å². The van der Waals surface area contributed by atoms with Gasteiger partial charge in [-0.1, -0.05) is 13.8 Å². The van der Waals surface area contributed by atoms with Crippen LogP contribution < -0.4 is 5.32 Å². The lowest BCUT2D eigenvalue weighted by molar-refractivity contribution is 0.0947. The van der Waals surface area contributed by atoms with Crippen LogP contribution in [0.2, 0.25) is 0 Å². The van der Waals surface area contributed by atoms with Crippen LogP contribution in [0.5, 0.6) is 0 Å². The van der Waals surface area contributed by atoms with E-state index in [1.165, 1.54) is 11.8 Å². The molecule has 0 aliphatic heterocycles. The van der Waals surface area contributed by atoms with Crippen molar-refractivity contribution in [1.29, 1.82) is 0 Å². The Labute approximate surface area is 121 Å². The van der Waals surface area contributed by atoms with Crippen molar-refractivity contribution in [2.45, 2.75) is 24.8 Å². The number of nitrogens with zero attached hydrogens (tertiary/aromatic N) is 4. The topological polar surface area (TPSA) is 88.5 Å². The van der Waals surface area contributed by atoms with E-state index < -0.39 is 0 Å². The van der Waals surface area contributed by atoms with Crippen LogP contribution in [-0.4, -0.2) is 43.4 Å². The van der Waals surface area contributed by atoms with Gasteiger partial charge in [-0.2, -0.15) is 15.4 Å². The minimum absolute atomic E-state index is 0.104. The monoisotopic (exact) mass is 294 g/mol. The Bertz CT molecular complexity index is 563. The highest BCUT2D eigenvalue weighted by Gasteiger charge is 2.14. The standard InChI is InChI=1S/C12H18N6OS/c1-8(2)9-6-10(18(3)16-9)12(19)13-4-5-20-11-7-14-17-15-11/h6-8H,4-5H2,1-3H3,(H,13,19)(H,14,15,17). The van der Waals surface area contributed by atoms with Crippen LogP contribution >= 0.6 is 11.8 Å². The number of aryl methyl sites for hydroxylation is 1. The molecule has 0 radical (unpaired) electrons. The van der Waals surface area contributed by atoms with Crippen molar-refractivity contribution in [3.63, 3.8) is 0 Å². The second kappa shape index (κ2) is 6.56. The molecule has 2 aromatic rings. The number of carbonyl (C=O) groups excluding carboxylic acids is 1. The molecule has 0 spiro atoms. The number of aromatic nitrogens is 5. The van der Waals surface area contributed by atoms with E-state index in [2.05, 4.69) is 39.7 Å². The molecule has 0 aromatic carbocycles. The zero-order chi connectivity index (χ0) is 14.5. The smallest absolute Gasteiger partial charge is 0.269 e. The van der Waals surface area contributed by atoms with E-state index in [-0.39, 0.29) is 5.91 Å². The fourth-order valence-electron chi connectivity index (χ4n) is 1.66. The minimum Gasteiger partial charge on any atom is -0.350 e. The summed E-state index contributed by atoms with van der Waals surface area (Å²) < 4.78 is 1.62. The molecule has 8 heteroatoms. The molecule has 0 bridgehead atoms. The maximum Gasteiger partial charge on any atom is 0.269 e. The Morgan fingerprint density at radius 3 is 2.95 bits per heavy atom. The maximum absolute atomic E-state index is 12.0. The average molecular weight is 294 g/mol. The van der Waals surface area contributed by atoms with Crippen molar-refractivity contribution >= 4 is 17.7 Å². The predicted molar refractivity (Wildman–Crippen MR) is 76.7 cm³/mol. The van der Waals surface area contributed by atoms with E-state index >= 15 is 0 Å². The number of carbonyl (C=O) groups is 1. The fourth-order valence-corrected chi connectivity index (χ4v) is 2.30. The third-order valence-corrected chi connectivity index (χ3v) is 3.65. The lowest BCUT2D eigenvalue weighted by Crippen LogP contribution is -2.27. The first kappa shape index (κ1) is 14.6. The largest absolute Gasteiger partial charge is 0.350 e. The van der Waals surface area contributed by atoms with Gasteiger partial charge < -0.3 is 5.32 Å². The molecule has 1 amide bonds. The predicted octanol–water partition coefficient (Wildman–Crippen LogP) is 1.18. The highest BCUT2D eigenvalue weighted by molar-refractivity contribution is 7.99. The van der Waals surface area contributed by atoms with Gasteiger partial charge in [0.1, 0.15) is 10.7 Å². The number of rotatable bonds is 6. The van der Waals surface area contributed by atoms with Crippen LogP contribution in [0.15, 0.2) is 17.3 Å². The number of hydrogen-bond donors (Lipinski definition) is 2. The van der Waals surface area contributed by atoms with Crippen molar-refractivity contribution in [3.05, 3.63) is 23.7 Å². The van der Waals surface area contributed by atoms with E-state index in [4.69, 9.17) is 0 Å². The van der Waals surface area contributed by atoms with E-state index in [0.717, 1.165) is 16.5 Å². The van der Waals surface area contributed by atoms with E-state index in [1.807, 2.05) is 6.07 Å². The zero-order valence-electron chi connectivity index (χ0n) is 11.8. The Kier molecular flexibility index (Phi) is 4.78. The van der Waals surface area contributed by atoms with E-state index in [9.17, 15) is 4.79 Å². The van der Waals surface area contributed by atoms with Gasteiger partial charge in [-0.3, -0.25) is 9.48 Å². The summed E-state index contributed by atoms with van der Waals surface area (Å²) in [6.45, 7) is 4.68. The van der Waals surface area contributed by atoms with Gasteiger partial charge in [-0.15, -0.1) is 16.9 Å². The van der Waals surface area contributed by atoms with Gasteiger partial charge in [0.05, 0.1) is 11.9 Å². The van der Waals surface area contributed by atoms with Crippen LogP contribution in [0, 0.1) is 0 Å². The molecular weight excluding hydrogens is 276 g/mol. The summed E-state index contributed by atoms with van der Waals surface area (Å²) >= 11 is 1.54. The minimum atomic E-state index is -0.104. The highest BCUT2D eigenvalue weighted by atomic mass is 32.2. The number of thioether (sulfide) groups is 1. The van der Waals surface area contributed by atoms with Gasteiger partial charge in [0.2, 0.25) is 0 Å². The molecule has 0 aliphatic rings. The van der Waals surface area contributed by atoms with Crippen LogP contribution in [0.4, 0.5) is 0 Å². The molecule has 2 N–H and O–H groups in total. The van der Waals surface area contributed by atoms with Gasteiger partial charge in [0.15, 0.2) is 0 Å². The first-order valence-corrected chi connectivity index (χ1v) is 7.37. The first-order valence-electron chi connectivity index (χ1n) is 6.38. The van der Waals surface area contributed by atoms with Gasteiger partial charge >= 0.3 is 0 Å². The molecule has 0 fully saturated rings. The quantitative estimate of drug-likeness (QED) is 0.617. The second-order valence-electron chi connectivity index (χ2n) is 4.65. The first-order chi connectivity index (χ1) is 9.58. The summed E-state index contributed by atoms with van der Waals surface area (Å²) in [7, 11) is 1.78. The summed E-state index contributed by atoms with van der Waals surface area (Å²) in [5.41, 5.74) is 1.51. The van der Waals surface area contributed by atoms with Gasteiger partial charge in [0, 0.05) is 19.3 Å². The Morgan fingerprint density at radius 1 is 1.55 bits per heavy atom. The molecule has 20 heavy (non-hydrogen) atoms. The molecule has 0 unspecified atom stereocenters. The molecule has 0 saturated heterocycles. The Morgan fingerprint density at radius 2 is 2.35 bits per heavy atom. The summed E-state index contributed by atoms with van der Waals surface area (Å²) in [5.74, 6) is 0.950. The number of nitrogens with one attached hydrogen (secondary N) is 2. The van der Waals surface area contributed by atoms with Crippen LogP contribution in [-0.2, 0) is 7.05 Å². The van der Waals surface area contributed by atoms with Gasteiger partial charge in [0.25, 0.3) is 5.91 Å². The zero-order valence-corrected chi connectivity index (χ0v) is 12.6. The van der Waals surface area contributed by atoms with Crippen molar-refractivity contribution in [1.82, 2.24) is 30.5 Å². The summed E-state index contributed by atoms with van der Waals surface area (Å²) in [6, 6.07) is 1.84. The number of hydrogen-bond acceptors (Lipinski definition) is 5. The highest BCUT2D eigenvalue weighted by Crippen LogP contribution is 2.14. The molecule has 0 atom stereocenters. The van der Waals surface area contributed by atoms with Crippen LogP contribution in [0.25, 0.3) is 0 Å². The molecular formula is C12H18N6OS. The normalized spacial score (nSPS) is 11.0. The lowest BCUT2D eigenvalue weighted by atomic mass is 10.1. The van der Waals surface area contributed by atoms with E-state index in [1.54, 1.807) is 17.9 Å². The fraction of sp³-hybridized carbons (Fsp3) is 0.500. The van der Waals surface area contributed by atoms with Crippen LogP contribution in [0.1, 0.15) is 35.9 Å². The SMILES string of the molecule is CC(C)c1cc(C(=O)NCCSc2cn[nH]n2)n(C)n1. The lowest BCUT2D eigenvalue weighted by Gasteiger charge is -2.03. The van der Waals surface area contributed by atoms with Gasteiger partial charge in [-0.05, 0) is 12.0 Å². The maximum atomic E-state index is 12.0. The number of amides is 1. The third kappa shape index (κ3) is 3.60. The Hall–Kier alpha value is -1.83. The number of aromatic amines is 1. The average Bonchev–Trinajstić information content (AvgIpc) is 3.03. The molecule has 0 saturated carbocycles. The third-order valence-electron chi connectivity index (χ3n) is 2.75. The van der Waals surface area contributed by atoms with Crippen molar-refractivity contribution < 1.29 is 4.79 Å². The molecule has 7 nitrogen and oxygen atoms in total. The number of H-pyrrole nitrogens is 1. The molecule has 0 aliphatic carbocycles. The molecule has 2 heterocycles. The summed E-state index contributed by atoms with van der Waals surface area (Å²) in [4.78, 5) is 12.0. The summed E-state index contributed by atoms with van der Waals surface area (Å²) in [5, 5.41) is 18.2. The second-order valence-corrected chi connectivity index (χ2v) is 5.76. The van der Waals surface area contributed by atoms with E-state index in [0.29, 0.717) is 18.2 Å². The van der Waals surface area contributed by atoms with Crippen molar-refractivity contribution in [2.24, 2.45) is 7.05 Å². The van der Waals surface area contributed by atoms with Gasteiger partial charge in [-0.25, -0.2) is 0 Å². The molecule has 2 rings (SSSR count). The van der Waals surface area contributed by atoms with Crippen molar-refractivity contribution in [3.8, 4) is 0 Å². The Balaban J connectivity index is 1.82. The van der Waals surface area contributed by atoms with Crippen molar-refractivity contribution in [2.75, 3.05) is 12.3 Å². The summed E-state index contributed by atoms with van der Waals surface area (Å²) in [6.07, 6.45) is 1.66.